The topological polar surface area (TPSA) is 48.3 Å². The van der Waals surface area contributed by atoms with Crippen LogP contribution in [0.25, 0.3) is 11.0 Å². The zero-order valence-electron chi connectivity index (χ0n) is 17.4. The van der Waals surface area contributed by atoms with Crippen LogP contribution in [0.15, 0.2) is 42.5 Å². The number of ether oxygens (including phenoxy) is 2. The van der Waals surface area contributed by atoms with Crippen LogP contribution in [0.1, 0.15) is 51.1 Å². The summed E-state index contributed by atoms with van der Waals surface area (Å²) in [7, 11) is 3.61. The number of anilines is 1. The molecule has 3 aromatic rings. The molecule has 0 spiro atoms. The lowest BCUT2D eigenvalue weighted by Crippen LogP contribution is -2.08. The van der Waals surface area contributed by atoms with Crippen LogP contribution in [0.4, 0.5) is 5.95 Å². The van der Waals surface area contributed by atoms with E-state index in [0.717, 1.165) is 34.0 Å². The largest absolute Gasteiger partial charge is 0.493 e. The van der Waals surface area contributed by atoms with Crippen molar-refractivity contribution < 1.29 is 9.47 Å². The first kappa shape index (κ1) is 20.1. The number of rotatable bonds is 6. The molecule has 0 atom stereocenters. The number of hydrogen-bond acceptors (Lipinski definition) is 4. The second-order valence-corrected chi connectivity index (χ2v) is 6.76. The van der Waals surface area contributed by atoms with Gasteiger partial charge >= 0.3 is 0 Å². The van der Waals surface area contributed by atoms with E-state index >= 15 is 0 Å². The summed E-state index contributed by atoms with van der Waals surface area (Å²) in [5, 5.41) is 3.25. The molecular formula is C23H31N3O2. The van der Waals surface area contributed by atoms with Gasteiger partial charge < -0.3 is 19.4 Å². The van der Waals surface area contributed by atoms with E-state index in [1.54, 1.807) is 7.11 Å². The summed E-state index contributed by atoms with van der Waals surface area (Å²) in [5.41, 5.74) is 3.16. The Bertz CT molecular complexity index is 884. The molecule has 1 aliphatic carbocycles. The molecule has 0 bridgehead atoms. The molecule has 5 nitrogen and oxygen atoms in total. The lowest BCUT2D eigenvalue weighted by Gasteiger charge is -2.17. The van der Waals surface area contributed by atoms with Crippen molar-refractivity contribution in [1.29, 1.82) is 0 Å². The highest BCUT2D eigenvalue weighted by Gasteiger charge is 2.23. The van der Waals surface area contributed by atoms with Crippen LogP contribution in [0, 0.1) is 0 Å². The first-order valence-corrected chi connectivity index (χ1v) is 10.2. The van der Waals surface area contributed by atoms with Gasteiger partial charge in [0, 0.05) is 25.2 Å². The number of hydrogen-bond donors (Lipinski definition) is 1. The maximum absolute atomic E-state index is 6.04. The van der Waals surface area contributed by atoms with Crippen molar-refractivity contribution >= 4 is 17.0 Å². The molecule has 0 aliphatic heterocycles. The van der Waals surface area contributed by atoms with E-state index in [-0.39, 0.29) is 0 Å². The van der Waals surface area contributed by atoms with Gasteiger partial charge in [-0.25, -0.2) is 4.98 Å². The van der Waals surface area contributed by atoms with Crippen molar-refractivity contribution in [2.75, 3.05) is 19.5 Å². The van der Waals surface area contributed by atoms with Crippen LogP contribution in [0.3, 0.4) is 0 Å². The second kappa shape index (κ2) is 9.49. The molecule has 0 radical (unpaired) electrons. The lowest BCUT2D eigenvalue weighted by molar-refractivity contribution is 0.285. The number of nitrogens with zero attached hydrogens (tertiary/aromatic N) is 2. The Kier molecular flexibility index (Phi) is 6.80. The van der Waals surface area contributed by atoms with Crippen LogP contribution >= 0.6 is 0 Å². The van der Waals surface area contributed by atoms with Crippen LogP contribution in [0.5, 0.6) is 11.5 Å². The molecule has 1 saturated carbocycles. The fraction of sp³-hybridized carbons (Fsp3) is 0.435. The van der Waals surface area contributed by atoms with Crippen molar-refractivity contribution in [1.82, 2.24) is 9.55 Å². The first-order chi connectivity index (χ1) is 13.8. The molecule has 0 amide bonds. The molecule has 1 aliphatic rings. The Balaban J connectivity index is 0.00000109. The third kappa shape index (κ3) is 4.08. The summed E-state index contributed by atoms with van der Waals surface area (Å²) < 4.78 is 14.0. The number of imidazole rings is 1. The van der Waals surface area contributed by atoms with Gasteiger partial charge in [-0.1, -0.05) is 57.0 Å². The minimum atomic E-state index is 0.503. The van der Waals surface area contributed by atoms with Crippen LogP contribution in [-0.4, -0.2) is 23.7 Å². The summed E-state index contributed by atoms with van der Waals surface area (Å²) in [6.07, 6.45) is 4.97. The fourth-order valence-electron chi connectivity index (χ4n) is 3.82. The minimum Gasteiger partial charge on any atom is -0.493 e. The third-order valence-electron chi connectivity index (χ3n) is 5.13. The van der Waals surface area contributed by atoms with Crippen molar-refractivity contribution in [3.05, 3.63) is 48.0 Å². The van der Waals surface area contributed by atoms with Gasteiger partial charge in [0.15, 0.2) is 11.5 Å². The maximum atomic E-state index is 6.04. The van der Waals surface area contributed by atoms with Gasteiger partial charge in [-0.15, -0.1) is 0 Å². The molecule has 5 heteroatoms. The summed E-state index contributed by atoms with van der Waals surface area (Å²) in [4.78, 5) is 4.78. The number of nitrogens with one attached hydrogen (secondary N) is 1. The summed E-state index contributed by atoms with van der Waals surface area (Å²) in [6.45, 7) is 4.50. The van der Waals surface area contributed by atoms with Crippen molar-refractivity contribution in [3.8, 4) is 11.5 Å². The normalized spacial score (nSPS) is 13.9. The smallest absolute Gasteiger partial charge is 0.203 e. The zero-order chi connectivity index (χ0) is 19.9. The van der Waals surface area contributed by atoms with E-state index in [9.17, 15) is 0 Å². The Morgan fingerprint density at radius 3 is 2.43 bits per heavy atom. The Morgan fingerprint density at radius 2 is 1.79 bits per heavy atom. The highest BCUT2D eigenvalue weighted by Crippen LogP contribution is 2.39. The average molecular weight is 382 g/mol. The van der Waals surface area contributed by atoms with Gasteiger partial charge in [-0.3, -0.25) is 0 Å². The molecule has 1 fully saturated rings. The van der Waals surface area contributed by atoms with Crippen LogP contribution in [0.2, 0.25) is 0 Å². The average Bonchev–Trinajstić information content (AvgIpc) is 3.40. The van der Waals surface area contributed by atoms with E-state index in [2.05, 4.69) is 28.1 Å². The van der Waals surface area contributed by atoms with Gasteiger partial charge in [0.25, 0.3) is 0 Å². The molecule has 28 heavy (non-hydrogen) atoms. The summed E-state index contributed by atoms with van der Waals surface area (Å²) in [5.74, 6) is 2.38. The quantitative estimate of drug-likeness (QED) is 0.585. The van der Waals surface area contributed by atoms with E-state index in [4.69, 9.17) is 14.5 Å². The maximum Gasteiger partial charge on any atom is 0.203 e. The van der Waals surface area contributed by atoms with Crippen LogP contribution < -0.4 is 14.8 Å². The molecule has 1 heterocycles. The molecule has 4 rings (SSSR count). The van der Waals surface area contributed by atoms with E-state index in [1.165, 1.54) is 25.7 Å². The molecule has 0 unspecified atom stereocenters. The molecule has 0 saturated heterocycles. The fourth-order valence-corrected chi connectivity index (χ4v) is 3.82. The van der Waals surface area contributed by atoms with Gasteiger partial charge in [0.2, 0.25) is 5.95 Å². The predicted octanol–water partition coefficient (Wildman–Crippen LogP) is 5.81. The standard InChI is InChI=1S/C21H25N3O2.C2H6/c1-22-21-23-17-12-20(26-14-15-8-4-3-5-9-15)19(25-2)13-18(17)24(21)16-10-6-7-11-16;1-2/h3-5,8-9,12-13,16H,6-7,10-11,14H2,1-2H3,(H,22,23);1-2H3. The minimum absolute atomic E-state index is 0.503. The van der Waals surface area contributed by atoms with Crippen LogP contribution in [-0.2, 0) is 6.61 Å². The number of benzene rings is 2. The van der Waals surface area contributed by atoms with Gasteiger partial charge in [0.05, 0.1) is 18.1 Å². The summed E-state index contributed by atoms with van der Waals surface area (Å²) >= 11 is 0. The molecule has 150 valence electrons. The predicted molar refractivity (Wildman–Crippen MR) is 115 cm³/mol. The van der Waals surface area contributed by atoms with Crippen molar-refractivity contribution in [2.24, 2.45) is 0 Å². The summed E-state index contributed by atoms with van der Waals surface area (Å²) in [6, 6.07) is 14.7. The molecule has 2 aromatic carbocycles. The van der Waals surface area contributed by atoms with E-state index in [1.807, 2.05) is 45.2 Å². The van der Waals surface area contributed by atoms with Gasteiger partial charge in [0.1, 0.15) is 6.61 Å². The third-order valence-corrected chi connectivity index (χ3v) is 5.13. The Hall–Kier alpha value is -2.69. The Morgan fingerprint density at radius 1 is 1.07 bits per heavy atom. The number of methoxy groups -OCH3 is 1. The lowest BCUT2D eigenvalue weighted by atomic mass is 10.2. The monoisotopic (exact) mass is 381 g/mol. The highest BCUT2D eigenvalue weighted by atomic mass is 16.5. The van der Waals surface area contributed by atoms with Crippen molar-refractivity contribution in [3.63, 3.8) is 0 Å². The number of fused-ring (bicyclic) bond motifs is 1. The zero-order valence-corrected chi connectivity index (χ0v) is 17.4. The molecule has 1 aromatic heterocycles. The SMILES string of the molecule is CC.CNc1nc2cc(OCc3ccccc3)c(OC)cc2n1C1CCCC1. The van der Waals surface area contributed by atoms with Gasteiger partial charge in [-0.2, -0.15) is 0 Å². The van der Waals surface area contributed by atoms with Gasteiger partial charge in [-0.05, 0) is 18.4 Å². The molecular weight excluding hydrogens is 350 g/mol. The highest BCUT2D eigenvalue weighted by molar-refractivity contribution is 5.83. The van der Waals surface area contributed by atoms with Crippen molar-refractivity contribution in [2.45, 2.75) is 52.2 Å². The van der Waals surface area contributed by atoms with E-state index in [0.29, 0.717) is 12.6 Å². The first-order valence-electron chi connectivity index (χ1n) is 10.2. The number of aromatic nitrogens is 2. The second-order valence-electron chi connectivity index (χ2n) is 6.76. The Labute approximate surface area is 167 Å². The van der Waals surface area contributed by atoms with E-state index < -0.39 is 0 Å². The molecule has 1 N–H and O–H groups in total.